The van der Waals surface area contributed by atoms with Crippen molar-refractivity contribution in [3.63, 3.8) is 0 Å². The Labute approximate surface area is 128 Å². The third-order valence-corrected chi connectivity index (χ3v) is 5.52. The van der Waals surface area contributed by atoms with E-state index in [9.17, 15) is 5.11 Å². The molecule has 1 N–H and O–H groups in total. The molecule has 0 radical (unpaired) electrons. The summed E-state index contributed by atoms with van der Waals surface area (Å²) >= 11 is 0. The first kappa shape index (κ1) is 14.8. The summed E-state index contributed by atoms with van der Waals surface area (Å²) in [5.41, 5.74) is 3.60. The molecule has 1 aliphatic heterocycles. The zero-order chi connectivity index (χ0) is 15.0. The lowest BCUT2D eigenvalue weighted by atomic mass is 9.73. The van der Waals surface area contributed by atoms with E-state index in [2.05, 4.69) is 42.7 Å². The Balaban J connectivity index is 1.80. The maximum Gasteiger partial charge on any atom is 0.0774 e. The summed E-state index contributed by atoms with van der Waals surface area (Å²) in [6.07, 6.45) is 4.10. The molecule has 1 fully saturated rings. The van der Waals surface area contributed by atoms with Gasteiger partial charge in [-0.1, -0.05) is 36.4 Å². The molecular formula is C19H27NO. The van der Waals surface area contributed by atoms with Crippen molar-refractivity contribution in [2.75, 3.05) is 6.54 Å². The Hall–Kier alpha value is -1.12. The van der Waals surface area contributed by atoms with Crippen LogP contribution in [-0.2, 0) is 13.0 Å². The van der Waals surface area contributed by atoms with Gasteiger partial charge < -0.3 is 5.11 Å². The molecule has 1 saturated carbocycles. The van der Waals surface area contributed by atoms with Crippen molar-refractivity contribution in [2.45, 2.75) is 57.7 Å². The maximum absolute atomic E-state index is 10.9. The van der Waals surface area contributed by atoms with Crippen molar-refractivity contribution >= 4 is 0 Å². The fourth-order valence-electron chi connectivity index (χ4n) is 4.05. The van der Waals surface area contributed by atoms with E-state index in [0.717, 1.165) is 38.8 Å². The Kier molecular flexibility index (Phi) is 3.94. The highest BCUT2D eigenvalue weighted by Gasteiger charge is 2.42. The molecule has 0 aromatic heterocycles. The third-order valence-electron chi connectivity index (χ3n) is 5.52. The van der Waals surface area contributed by atoms with Gasteiger partial charge >= 0.3 is 0 Å². The molecule has 2 nitrogen and oxygen atoms in total. The van der Waals surface area contributed by atoms with E-state index in [0.29, 0.717) is 5.92 Å². The Morgan fingerprint density at radius 2 is 2.05 bits per heavy atom. The van der Waals surface area contributed by atoms with Crippen LogP contribution in [0.3, 0.4) is 0 Å². The highest BCUT2D eigenvalue weighted by molar-refractivity contribution is 5.29. The summed E-state index contributed by atoms with van der Waals surface area (Å²) < 4.78 is 0. The minimum absolute atomic E-state index is 0.251. The lowest BCUT2D eigenvalue weighted by Gasteiger charge is -2.48. The van der Waals surface area contributed by atoms with E-state index < -0.39 is 5.60 Å². The first-order valence-corrected chi connectivity index (χ1v) is 8.16. The molecule has 1 aromatic rings. The Morgan fingerprint density at radius 1 is 1.33 bits per heavy atom. The van der Waals surface area contributed by atoms with Gasteiger partial charge in [-0.2, -0.15) is 0 Å². The van der Waals surface area contributed by atoms with Crippen LogP contribution < -0.4 is 0 Å². The molecule has 0 bridgehead atoms. The van der Waals surface area contributed by atoms with Crippen LogP contribution in [0.1, 0.15) is 44.2 Å². The topological polar surface area (TPSA) is 23.5 Å². The molecule has 3 atom stereocenters. The molecule has 114 valence electrons. The molecule has 0 saturated heterocycles. The Morgan fingerprint density at radius 3 is 2.76 bits per heavy atom. The van der Waals surface area contributed by atoms with Gasteiger partial charge in [-0.3, -0.25) is 4.90 Å². The number of hydrogen-bond acceptors (Lipinski definition) is 2. The van der Waals surface area contributed by atoms with E-state index in [-0.39, 0.29) is 6.04 Å². The highest BCUT2D eigenvalue weighted by Crippen LogP contribution is 2.39. The summed E-state index contributed by atoms with van der Waals surface area (Å²) in [7, 11) is 0. The summed E-state index contributed by atoms with van der Waals surface area (Å²) in [6.45, 7) is 10.3. The molecule has 3 rings (SSSR count). The standard InChI is InChI=1S/C19H27NO/c1-14(2)16-8-10-19(3,21)18(12-16)20-11-9-15-6-4-5-7-17(15)13-20/h4-7,16,18,21H,1,8-13H2,2-3H3/t16-,18+,19+/m1/s1. The molecule has 0 amide bonds. The van der Waals surface area contributed by atoms with Gasteiger partial charge in [-0.25, -0.2) is 0 Å². The summed E-state index contributed by atoms with van der Waals surface area (Å²) in [4.78, 5) is 2.50. The molecule has 2 aliphatic rings. The average Bonchev–Trinajstić information content (AvgIpc) is 2.46. The van der Waals surface area contributed by atoms with Gasteiger partial charge in [-0.15, -0.1) is 0 Å². The average molecular weight is 285 g/mol. The fourth-order valence-corrected chi connectivity index (χ4v) is 4.05. The number of benzene rings is 1. The molecule has 1 aliphatic carbocycles. The van der Waals surface area contributed by atoms with E-state index >= 15 is 0 Å². The van der Waals surface area contributed by atoms with Gasteiger partial charge in [0.05, 0.1) is 5.60 Å². The van der Waals surface area contributed by atoms with Gasteiger partial charge in [0.1, 0.15) is 0 Å². The maximum atomic E-state index is 10.9. The van der Waals surface area contributed by atoms with E-state index in [1.165, 1.54) is 16.7 Å². The molecular weight excluding hydrogens is 258 g/mol. The third kappa shape index (κ3) is 2.93. The smallest absolute Gasteiger partial charge is 0.0774 e. The van der Waals surface area contributed by atoms with Crippen molar-refractivity contribution in [3.05, 3.63) is 47.5 Å². The predicted molar refractivity (Wildman–Crippen MR) is 87.1 cm³/mol. The van der Waals surface area contributed by atoms with Crippen LogP contribution in [0.4, 0.5) is 0 Å². The van der Waals surface area contributed by atoms with Gasteiger partial charge in [0, 0.05) is 19.1 Å². The second-order valence-corrected chi connectivity index (χ2v) is 7.18. The Bertz CT molecular complexity index is 534. The van der Waals surface area contributed by atoms with Crippen molar-refractivity contribution < 1.29 is 5.11 Å². The number of fused-ring (bicyclic) bond motifs is 1. The quantitative estimate of drug-likeness (QED) is 0.840. The second-order valence-electron chi connectivity index (χ2n) is 7.18. The van der Waals surface area contributed by atoms with E-state index in [1.807, 2.05) is 6.92 Å². The van der Waals surface area contributed by atoms with Crippen molar-refractivity contribution in [3.8, 4) is 0 Å². The lowest BCUT2D eigenvalue weighted by molar-refractivity contribution is -0.0735. The highest BCUT2D eigenvalue weighted by atomic mass is 16.3. The van der Waals surface area contributed by atoms with Gasteiger partial charge in [0.15, 0.2) is 0 Å². The largest absolute Gasteiger partial charge is 0.389 e. The monoisotopic (exact) mass is 285 g/mol. The van der Waals surface area contributed by atoms with Crippen LogP contribution in [0.15, 0.2) is 36.4 Å². The second kappa shape index (κ2) is 5.58. The zero-order valence-corrected chi connectivity index (χ0v) is 13.3. The summed E-state index contributed by atoms with van der Waals surface area (Å²) in [5.74, 6) is 0.562. The summed E-state index contributed by atoms with van der Waals surface area (Å²) in [5, 5.41) is 10.9. The van der Waals surface area contributed by atoms with Gasteiger partial charge in [-0.05, 0) is 56.6 Å². The first-order valence-electron chi connectivity index (χ1n) is 8.16. The van der Waals surface area contributed by atoms with Crippen LogP contribution in [0.5, 0.6) is 0 Å². The predicted octanol–water partition coefficient (Wildman–Crippen LogP) is 3.54. The van der Waals surface area contributed by atoms with Crippen LogP contribution in [0, 0.1) is 5.92 Å². The van der Waals surface area contributed by atoms with Gasteiger partial charge in [0.25, 0.3) is 0 Å². The van der Waals surface area contributed by atoms with E-state index in [1.54, 1.807) is 0 Å². The van der Waals surface area contributed by atoms with Gasteiger partial charge in [0.2, 0.25) is 0 Å². The first-order chi connectivity index (χ1) is 9.97. The minimum Gasteiger partial charge on any atom is -0.389 e. The molecule has 2 heteroatoms. The molecule has 0 spiro atoms. The molecule has 21 heavy (non-hydrogen) atoms. The number of rotatable bonds is 2. The molecule has 1 heterocycles. The number of aliphatic hydroxyl groups is 1. The van der Waals surface area contributed by atoms with Crippen LogP contribution in [0.2, 0.25) is 0 Å². The summed E-state index contributed by atoms with van der Waals surface area (Å²) in [6, 6.07) is 8.97. The van der Waals surface area contributed by atoms with Crippen LogP contribution in [-0.4, -0.2) is 28.2 Å². The molecule has 1 aromatic carbocycles. The lowest BCUT2D eigenvalue weighted by Crippen LogP contribution is -2.55. The molecule has 0 unspecified atom stereocenters. The van der Waals surface area contributed by atoms with E-state index in [4.69, 9.17) is 0 Å². The number of nitrogens with zero attached hydrogens (tertiary/aromatic N) is 1. The SMILES string of the molecule is C=C(C)[C@@H]1CC[C@](C)(O)[C@@H](N2CCc3ccccc3C2)C1. The van der Waals surface area contributed by atoms with Crippen LogP contribution in [0.25, 0.3) is 0 Å². The van der Waals surface area contributed by atoms with Crippen LogP contribution >= 0.6 is 0 Å². The van der Waals surface area contributed by atoms with Crippen molar-refractivity contribution in [2.24, 2.45) is 5.92 Å². The number of hydrogen-bond donors (Lipinski definition) is 1. The minimum atomic E-state index is -0.571. The zero-order valence-electron chi connectivity index (χ0n) is 13.3. The van der Waals surface area contributed by atoms with Crippen molar-refractivity contribution in [1.29, 1.82) is 0 Å². The van der Waals surface area contributed by atoms with Crippen molar-refractivity contribution in [1.82, 2.24) is 4.90 Å². The number of allylic oxidation sites excluding steroid dienone is 1. The fraction of sp³-hybridized carbons (Fsp3) is 0.579. The normalized spacial score (nSPS) is 33.5.